The van der Waals surface area contributed by atoms with Crippen LogP contribution in [0.2, 0.25) is 0 Å². The molecule has 0 atom stereocenters. The average molecular weight is 489 g/mol. The van der Waals surface area contributed by atoms with Crippen LogP contribution in [0.5, 0.6) is 17.2 Å². The first-order valence-electron chi connectivity index (χ1n) is 10.2. The molecule has 34 heavy (non-hydrogen) atoms. The van der Waals surface area contributed by atoms with Gasteiger partial charge in [0.1, 0.15) is 5.82 Å². The number of benzene rings is 3. The number of hydrogen-bond acceptors (Lipinski definition) is 6. The van der Waals surface area contributed by atoms with Gasteiger partial charge in [0.2, 0.25) is 11.7 Å². The molecule has 3 aromatic carbocycles. The van der Waals surface area contributed by atoms with Gasteiger partial charge in [0.25, 0.3) is 10.0 Å². The van der Waals surface area contributed by atoms with Crippen LogP contribution in [0.4, 0.5) is 15.8 Å². The van der Waals surface area contributed by atoms with E-state index < -0.39 is 15.8 Å². The number of nitrogens with one attached hydrogen (secondary N) is 2. The lowest BCUT2D eigenvalue weighted by molar-refractivity contribution is -0.116. The molecule has 3 aromatic rings. The minimum atomic E-state index is -4.05. The fourth-order valence-corrected chi connectivity index (χ4v) is 4.36. The first-order valence-corrected chi connectivity index (χ1v) is 11.7. The Hall–Kier alpha value is -3.79. The standard InChI is InChI=1S/C24H25FN2O6S/c1-31-21-13-16(14-22(32-2)24(21)33-3)11-12-23(28)26-17-7-6-8-18(15-17)34(29,30)27-20-10-5-4-9-19(20)25/h4-10,13-15,27H,11-12H2,1-3H3,(H,26,28). The smallest absolute Gasteiger partial charge is 0.262 e. The van der Waals surface area contributed by atoms with Crippen LogP contribution >= 0.6 is 0 Å². The van der Waals surface area contributed by atoms with Crippen molar-refractivity contribution in [1.82, 2.24) is 0 Å². The first kappa shape index (κ1) is 24.8. The van der Waals surface area contributed by atoms with Gasteiger partial charge in [-0.25, -0.2) is 12.8 Å². The predicted molar refractivity (Wildman–Crippen MR) is 127 cm³/mol. The monoisotopic (exact) mass is 488 g/mol. The Morgan fingerprint density at radius 3 is 2.21 bits per heavy atom. The highest BCUT2D eigenvalue weighted by molar-refractivity contribution is 7.92. The number of sulfonamides is 1. The number of para-hydroxylation sites is 1. The molecule has 0 saturated carbocycles. The SMILES string of the molecule is COc1cc(CCC(=O)Nc2cccc(S(=O)(=O)Nc3ccccc3F)c2)cc(OC)c1OC. The molecule has 0 saturated heterocycles. The van der Waals surface area contributed by atoms with Crippen molar-refractivity contribution in [3.8, 4) is 17.2 Å². The van der Waals surface area contributed by atoms with Crippen molar-refractivity contribution in [2.24, 2.45) is 0 Å². The molecule has 2 N–H and O–H groups in total. The Morgan fingerprint density at radius 2 is 1.59 bits per heavy atom. The molecule has 0 aromatic heterocycles. The van der Waals surface area contributed by atoms with Gasteiger partial charge in [-0.2, -0.15) is 0 Å². The van der Waals surface area contributed by atoms with Crippen molar-refractivity contribution in [2.45, 2.75) is 17.7 Å². The Morgan fingerprint density at radius 1 is 0.912 bits per heavy atom. The van der Waals surface area contributed by atoms with E-state index in [4.69, 9.17) is 14.2 Å². The predicted octanol–water partition coefficient (Wildman–Crippen LogP) is 4.22. The fourth-order valence-electron chi connectivity index (χ4n) is 3.25. The second kappa shape index (κ2) is 10.9. The molecule has 0 bridgehead atoms. The van der Waals surface area contributed by atoms with Crippen LogP contribution in [0.3, 0.4) is 0 Å². The number of rotatable bonds is 10. The number of halogens is 1. The van der Waals surface area contributed by atoms with E-state index in [1.165, 1.54) is 57.7 Å². The van der Waals surface area contributed by atoms with Crippen molar-refractivity contribution in [3.63, 3.8) is 0 Å². The van der Waals surface area contributed by atoms with Crippen LogP contribution in [0.15, 0.2) is 65.6 Å². The Kier molecular flexibility index (Phi) is 7.95. The number of methoxy groups -OCH3 is 3. The van der Waals surface area contributed by atoms with Crippen molar-refractivity contribution in [2.75, 3.05) is 31.4 Å². The van der Waals surface area contributed by atoms with Crippen molar-refractivity contribution >= 4 is 27.3 Å². The quantitative estimate of drug-likeness (QED) is 0.443. The third kappa shape index (κ3) is 5.96. The molecule has 1 amide bonds. The van der Waals surface area contributed by atoms with Crippen LogP contribution in [0.1, 0.15) is 12.0 Å². The summed E-state index contributed by atoms with van der Waals surface area (Å²) in [5.74, 6) is 0.419. The molecule has 180 valence electrons. The lowest BCUT2D eigenvalue weighted by Gasteiger charge is -2.14. The van der Waals surface area contributed by atoms with Gasteiger partial charge in [-0.15, -0.1) is 0 Å². The fraction of sp³-hybridized carbons (Fsp3) is 0.208. The number of carbonyl (C=O) groups is 1. The van der Waals surface area contributed by atoms with Gasteiger partial charge in [-0.1, -0.05) is 18.2 Å². The Balaban J connectivity index is 1.68. The van der Waals surface area contributed by atoms with Gasteiger partial charge < -0.3 is 19.5 Å². The summed E-state index contributed by atoms with van der Waals surface area (Å²) in [6, 6.07) is 14.7. The summed E-state index contributed by atoms with van der Waals surface area (Å²) < 4.78 is 57.3. The zero-order valence-electron chi connectivity index (χ0n) is 18.9. The van der Waals surface area contributed by atoms with E-state index in [9.17, 15) is 17.6 Å². The number of carbonyl (C=O) groups excluding carboxylic acids is 1. The van der Waals surface area contributed by atoms with Gasteiger partial charge in [0.05, 0.1) is 31.9 Å². The van der Waals surface area contributed by atoms with Crippen LogP contribution in [0.25, 0.3) is 0 Å². The summed E-state index contributed by atoms with van der Waals surface area (Å²) in [7, 11) is 0.475. The van der Waals surface area contributed by atoms with Crippen LogP contribution in [-0.2, 0) is 21.2 Å². The maximum atomic E-state index is 13.8. The molecule has 10 heteroatoms. The van der Waals surface area contributed by atoms with E-state index >= 15 is 0 Å². The van der Waals surface area contributed by atoms with E-state index in [1.807, 2.05) is 0 Å². The van der Waals surface area contributed by atoms with E-state index in [1.54, 1.807) is 18.2 Å². The molecule has 0 fully saturated rings. The van der Waals surface area contributed by atoms with Crippen molar-refractivity contribution < 1.29 is 31.8 Å². The molecule has 8 nitrogen and oxygen atoms in total. The van der Waals surface area contributed by atoms with E-state index in [0.717, 1.165) is 11.6 Å². The van der Waals surface area contributed by atoms with Gasteiger partial charge in [-0.3, -0.25) is 9.52 Å². The Labute approximate surface area is 197 Å². The third-order valence-corrected chi connectivity index (χ3v) is 6.27. The molecule has 0 radical (unpaired) electrons. The minimum absolute atomic E-state index is 0.113. The van der Waals surface area contributed by atoms with Crippen molar-refractivity contribution in [1.29, 1.82) is 0 Å². The number of anilines is 2. The molecule has 0 aliphatic rings. The van der Waals surface area contributed by atoms with Crippen molar-refractivity contribution in [3.05, 3.63) is 72.0 Å². The van der Waals surface area contributed by atoms with E-state index in [0.29, 0.717) is 29.4 Å². The van der Waals surface area contributed by atoms with Gasteiger partial charge in [0.15, 0.2) is 11.5 Å². The second-order valence-corrected chi connectivity index (χ2v) is 8.88. The summed E-state index contributed by atoms with van der Waals surface area (Å²) in [5, 5.41) is 2.69. The number of amides is 1. The lowest BCUT2D eigenvalue weighted by atomic mass is 10.1. The second-order valence-electron chi connectivity index (χ2n) is 7.19. The minimum Gasteiger partial charge on any atom is -0.493 e. The number of hydrogen-bond donors (Lipinski definition) is 2. The summed E-state index contributed by atoms with van der Waals surface area (Å²) >= 11 is 0. The highest BCUT2D eigenvalue weighted by Crippen LogP contribution is 2.38. The lowest BCUT2D eigenvalue weighted by Crippen LogP contribution is -2.16. The van der Waals surface area contributed by atoms with Gasteiger partial charge in [0, 0.05) is 12.1 Å². The molecular formula is C24H25FN2O6S. The largest absolute Gasteiger partial charge is 0.493 e. The number of ether oxygens (including phenoxy) is 3. The van der Waals surface area contributed by atoms with Gasteiger partial charge in [-0.05, 0) is 54.4 Å². The molecule has 3 rings (SSSR count). The van der Waals surface area contributed by atoms with Crippen LogP contribution in [-0.4, -0.2) is 35.7 Å². The topological polar surface area (TPSA) is 103 Å². The first-order chi connectivity index (χ1) is 16.3. The van der Waals surface area contributed by atoms with E-state index in [-0.39, 0.29) is 22.9 Å². The third-order valence-electron chi connectivity index (χ3n) is 4.91. The maximum absolute atomic E-state index is 13.8. The Bertz CT molecular complexity index is 1250. The molecule has 0 heterocycles. The normalized spacial score (nSPS) is 10.9. The zero-order chi connectivity index (χ0) is 24.7. The van der Waals surface area contributed by atoms with E-state index in [2.05, 4.69) is 10.0 Å². The molecule has 0 aliphatic heterocycles. The molecular weight excluding hydrogens is 463 g/mol. The highest BCUT2D eigenvalue weighted by Gasteiger charge is 2.18. The summed E-state index contributed by atoms with van der Waals surface area (Å²) in [4.78, 5) is 12.4. The molecule has 0 spiro atoms. The summed E-state index contributed by atoms with van der Waals surface area (Å²) in [6.07, 6.45) is 0.512. The number of aryl methyl sites for hydroxylation is 1. The average Bonchev–Trinajstić information content (AvgIpc) is 2.83. The van der Waals surface area contributed by atoms with Crippen LogP contribution in [0, 0.1) is 5.82 Å². The molecule has 0 aliphatic carbocycles. The highest BCUT2D eigenvalue weighted by atomic mass is 32.2. The maximum Gasteiger partial charge on any atom is 0.262 e. The van der Waals surface area contributed by atoms with Gasteiger partial charge >= 0.3 is 0 Å². The summed E-state index contributed by atoms with van der Waals surface area (Å²) in [5.41, 5.74) is 0.934. The zero-order valence-corrected chi connectivity index (χ0v) is 19.7. The summed E-state index contributed by atoms with van der Waals surface area (Å²) in [6.45, 7) is 0. The molecule has 0 unspecified atom stereocenters. The van der Waals surface area contributed by atoms with Crippen LogP contribution < -0.4 is 24.2 Å².